The van der Waals surface area contributed by atoms with E-state index in [4.69, 9.17) is 11.6 Å². The third-order valence-corrected chi connectivity index (χ3v) is 5.03. The van der Waals surface area contributed by atoms with Gasteiger partial charge in [-0.2, -0.15) is 0 Å². The van der Waals surface area contributed by atoms with E-state index < -0.39 is 0 Å². The summed E-state index contributed by atoms with van der Waals surface area (Å²) in [6.45, 7) is 12.9. The van der Waals surface area contributed by atoms with Crippen LogP contribution in [-0.2, 0) is 5.41 Å². The van der Waals surface area contributed by atoms with Crippen molar-refractivity contribution in [3.05, 3.63) is 33.4 Å². The lowest BCUT2D eigenvalue weighted by Gasteiger charge is -2.15. The summed E-state index contributed by atoms with van der Waals surface area (Å²) in [5.41, 5.74) is 2.17. The zero-order valence-electron chi connectivity index (χ0n) is 12.9. The molecule has 20 heavy (non-hydrogen) atoms. The van der Waals surface area contributed by atoms with E-state index in [2.05, 4.69) is 56.7 Å². The smallest absolute Gasteiger partial charge is 0.171 e. The SMILES string of the molecule is Cc1nc(-c2ccc(C(C)(C)C)s2)nc(Cl)c1C(C)C. The Bertz CT molecular complexity index is 601. The lowest BCUT2D eigenvalue weighted by Crippen LogP contribution is -2.07. The summed E-state index contributed by atoms with van der Waals surface area (Å²) in [6, 6.07) is 4.24. The van der Waals surface area contributed by atoms with E-state index in [1.54, 1.807) is 11.3 Å². The van der Waals surface area contributed by atoms with Crippen molar-refractivity contribution in [3.63, 3.8) is 0 Å². The van der Waals surface area contributed by atoms with E-state index in [1.807, 2.05) is 6.92 Å². The number of thiophene rings is 1. The van der Waals surface area contributed by atoms with Crippen LogP contribution in [0.25, 0.3) is 10.7 Å². The highest BCUT2D eigenvalue weighted by Gasteiger charge is 2.19. The summed E-state index contributed by atoms with van der Waals surface area (Å²) >= 11 is 8.07. The minimum atomic E-state index is 0.152. The molecule has 2 heterocycles. The number of aromatic nitrogens is 2. The van der Waals surface area contributed by atoms with Crippen LogP contribution in [0, 0.1) is 6.92 Å². The predicted octanol–water partition coefficient (Wildman–Crippen LogP) is 5.59. The quantitative estimate of drug-likeness (QED) is 0.676. The van der Waals surface area contributed by atoms with E-state index in [0.717, 1.165) is 22.0 Å². The molecule has 2 aromatic heterocycles. The lowest BCUT2D eigenvalue weighted by molar-refractivity contribution is 0.604. The Morgan fingerprint density at radius 3 is 2.25 bits per heavy atom. The third-order valence-electron chi connectivity index (χ3n) is 3.23. The van der Waals surface area contributed by atoms with Gasteiger partial charge in [-0.15, -0.1) is 11.3 Å². The van der Waals surface area contributed by atoms with Gasteiger partial charge in [-0.05, 0) is 30.4 Å². The summed E-state index contributed by atoms with van der Waals surface area (Å²) < 4.78 is 0. The molecule has 0 aliphatic rings. The van der Waals surface area contributed by atoms with Crippen molar-refractivity contribution < 1.29 is 0 Å². The Morgan fingerprint density at radius 2 is 1.80 bits per heavy atom. The van der Waals surface area contributed by atoms with Crippen LogP contribution in [0.4, 0.5) is 0 Å². The van der Waals surface area contributed by atoms with Crippen LogP contribution in [-0.4, -0.2) is 9.97 Å². The van der Waals surface area contributed by atoms with E-state index in [9.17, 15) is 0 Å². The van der Waals surface area contributed by atoms with Crippen LogP contribution >= 0.6 is 22.9 Å². The minimum absolute atomic E-state index is 0.152. The van der Waals surface area contributed by atoms with Gasteiger partial charge in [0.25, 0.3) is 0 Å². The Labute approximate surface area is 130 Å². The van der Waals surface area contributed by atoms with Crippen molar-refractivity contribution in [2.24, 2.45) is 0 Å². The Morgan fingerprint density at radius 1 is 1.15 bits per heavy atom. The van der Waals surface area contributed by atoms with Gasteiger partial charge in [-0.1, -0.05) is 46.2 Å². The van der Waals surface area contributed by atoms with E-state index in [1.165, 1.54) is 4.88 Å². The first kappa shape index (κ1) is 15.5. The fourth-order valence-corrected chi connectivity index (χ4v) is 3.61. The normalized spacial score (nSPS) is 12.2. The standard InChI is InChI=1S/C16H21ClN2S/c1-9(2)13-10(3)18-15(19-14(13)17)11-7-8-12(20-11)16(4,5)6/h7-9H,1-6H3. The fourth-order valence-electron chi connectivity index (χ4n) is 2.17. The Hall–Kier alpha value is -0.930. The second-order valence-corrected chi connectivity index (χ2v) is 7.85. The zero-order valence-corrected chi connectivity index (χ0v) is 14.5. The number of hydrogen-bond acceptors (Lipinski definition) is 3. The molecule has 0 saturated carbocycles. The minimum Gasteiger partial charge on any atom is -0.232 e. The molecule has 2 nitrogen and oxygen atoms in total. The maximum absolute atomic E-state index is 6.33. The van der Waals surface area contributed by atoms with Crippen molar-refractivity contribution in [3.8, 4) is 10.7 Å². The van der Waals surface area contributed by atoms with Gasteiger partial charge in [-0.25, -0.2) is 9.97 Å². The molecule has 2 rings (SSSR count). The zero-order chi connectivity index (χ0) is 15.1. The van der Waals surface area contributed by atoms with Gasteiger partial charge < -0.3 is 0 Å². The van der Waals surface area contributed by atoms with Crippen molar-refractivity contribution >= 4 is 22.9 Å². The van der Waals surface area contributed by atoms with Gasteiger partial charge in [0.15, 0.2) is 5.82 Å². The van der Waals surface area contributed by atoms with Crippen LogP contribution in [0.2, 0.25) is 5.15 Å². The summed E-state index contributed by atoms with van der Waals surface area (Å²) in [6.07, 6.45) is 0. The first-order valence-electron chi connectivity index (χ1n) is 6.85. The highest BCUT2D eigenvalue weighted by atomic mass is 35.5. The topological polar surface area (TPSA) is 25.8 Å². The maximum atomic E-state index is 6.33. The van der Waals surface area contributed by atoms with Gasteiger partial charge in [0.2, 0.25) is 0 Å². The summed E-state index contributed by atoms with van der Waals surface area (Å²) in [5.74, 6) is 1.07. The molecule has 0 saturated heterocycles. The van der Waals surface area contributed by atoms with Crippen molar-refractivity contribution in [2.75, 3.05) is 0 Å². The second kappa shape index (κ2) is 5.45. The number of halogens is 1. The van der Waals surface area contributed by atoms with Crippen LogP contribution < -0.4 is 0 Å². The molecule has 2 aromatic rings. The van der Waals surface area contributed by atoms with Crippen molar-refractivity contribution in [1.29, 1.82) is 0 Å². The van der Waals surface area contributed by atoms with E-state index in [-0.39, 0.29) is 5.41 Å². The molecule has 0 radical (unpaired) electrons. The summed E-state index contributed by atoms with van der Waals surface area (Å²) in [7, 11) is 0. The largest absolute Gasteiger partial charge is 0.232 e. The Kier molecular flexibility index (Phi) is 4.22. The third kappa shape index (κ3) is 3.04. The number of rotatable bonds is 2. The molecular weight excluding hydrogens is 288 g/mol. The Balaban J connectivity index is 2.47. The van der Waals surface area contributed by atoms with Crippen LogP contribution in [0.1, 0.15) is 56.7 Å². The predicted molar refractivity (Wildman–Crippen MR) is 87.9 cm³/mol. The number of aryl methyl sites for hydroxylation is 1. The second-order valence-electron chi connectivity index (χ2n) is 6.41. The van der Waals surface area contributed by atoms with E-state index >= 15 is 0 Å². The molecule has 0 amide bonds. The molecule has 108 valence electrons. The lowest BCUT2D eigenvalue weighted by atomic mass is 9.95. The maximum Gasteiger partial charge on any atom is 0.171 e. The first-order valence-corrected chi connectivity index (χ1v) is 8.04. The molecule has 0 aliphatic heterocycles. The van der Waals surface area contributed by atoms with Gasteiger partial charge in [-0.3, -0.25) is 0 Å². The molecule has 4 heteroatoms. The van der Waals surface area contributed by atoms with Gasteiger partial charge >= 0.3 is 0 Å². The molecular formula is C16H21ClN2S. The molecule has 0 N–H and O–H groups in total. The fraction of sp³-hybridized carbons (Fsp3) is 0.500. The van der Waals surface area contributed by atoms with E-state index in [0.29, 0.717) is 11.1 Å². The molecule has 0 aliphatic carbocycles. The highest BCUT2D eigenvalue weighted by Crippen LogP contribution is 2.35. The van der Waals surface area contributed by atoms with Gasteiger partial charge in [0.05, 0.1) is 4.88 Å². The molecule has 0 unspecified atom stereocenters. The van der Waals surface area contributed by atoms with Crippen molar-refractivity contribution in [2.45, 2.75) is 52.9 Å². The summed E-state index contributed by atoms with van der Waals surface area (Å²) in [5, 5.41) is 0.577. The van der Waals surface area contributed by atoms with Crippen LogP contribution in [0.15, 0.2) is 12.1 Å². The van der Waals surface area contributed by atoms with Crippen LogP contribution in [0.5, 0.6) is 0 Å². The number of nitrogens with zero attached hydrogens (tertiary/aromatic N) is 2. The van der Waals surface area contributed by atoms with Gasteiger partial charge in [0, 0.05) is 16.1 Å². The average molecular weight is 309 g/mol. The highest BCUT2D eigenvalue weighted by molar-refractivity contribution is 7.15. The molecule has 0 bridgehead atoms. The van der Waals surface area contributed by atoms with Crippen LogP contribution in [0.3, 0.4) is 0 Å². The average Bonchev–Trinajstić information content (AvgIpc) is 2.75. The molecule has 0 aromatic carbocycles. The molecule has 0 fully saturated rings. The molecule has 0 atom stereocenters. The first-order chi connectivity index (χ1) is 9.20. The monoisotopic (exact) mass is 308 g/mol. The molecule has 0 spiro atoms. The summed E-state index contributed by atoms with van der Waals surface area (Å²) in [4.78, 5) is 11.5. The van der Waals surface area contributed by atoms with Crippen molar-refractivity contribution in [1.82, 2.24) is 9.97 Å². The van der Waals surface area contributed by atoms with Gasteiger partial charge in [0.1, 0.15) is 5.15 Å². The number of hydrogen-bond donors (Lipinski definition) is 0.